The van der Waals surface area contributed by atoms with Crippen molar-refractivity contribution in [2.75, 3.05) is 65.7 Å². The van der Waals surface area contributed by atoms with E-state index in [0.29, 0.717) is 19.8 Å². The standard InChI is InChI=1S/C17H27BrN2O4/c18-16-3-1-2-4-17(16)24-12-11-23-14-15(22)13-20-7-5-19(6-8-20)9-10-21/h1-4,15,21-22H,5-14H2/p+2/t15-/m0/s1. The molecule has 0 spiro atoms. The Morgan fingerprint density at radius 2 is 1.79 bits per heavy atom. The number of hydrogen-bond donors (Lipinski definition) is 4. The third-order valence-electron chi connectivity index (χ3n) is 4.29. The minimum absolute atomic E-state index is 0.253. The van der Waals surface area contributed by atoms with Crippen LogP contribution in [0.2, 0.25) is 0 Å². The van der Waals surface area contributed by atoms with Crippen LogP contribution < -0.4 is 14.5 Å². The summed E-state index contributed by atoms with van der Waals surface area (Å²) in [6.45, 7) is 7.27. The number of halogens is 1. The van der Waals surface area contributed by atoms with Gasteiger partial charge >= 0.3 is 0 Å². The molecule has 0 amide bonds. The lowest BCUT2D eigenvalue weighted by Crippen LogP contribution is -3.28. The Hall–Kier alpha value is -0.700. The third kappa shape index (κ3) is 7.04. The number of piperazine rings is 1. The average Bonchev–Trinajstić information content (AvgIpc) is 2.58. The van der Waals surface area contributed by atoms with Gasteiger partial charge in [-0.2, -0.15) is 0 Å². The lowest BCUT2D eigenvalue weighted by molar-refractivity contribution is -1.01. The van der Waals surface area contributed by atoms with Crippen LogP contribution in [0, 0.1) is 0 Å². The highest BCUT2D eigenvalue weighted by Crippen LogP contribution is 2.23. The van der Waals surface area contributed by atoms with Crippen molar-refractivity contribution in [3.63, 3.8) is 0 Å². The Bertz CT molecular complexity index is 470. The fourth-order valence-electron chi connectivity index (χ4n) is 2.95. The highest BCUT2D eigenvalue weighted by molar-refractivity contribution is 9.10. The van der Waals surface area contributed by atoms with Gasteiger partial charge in [0.05, 0.1) is 24.3 Å². The lowest BCUT2D eigenvalue weighted by Gasteiger charge is -2.30. The molecule has 1 aliphatic heterocycles. The van der Waals surface area contributed by atoms with Crippen LogP contribution in [0.5, 0.6) is 5.75 Å². The molecule has 1 fully saturated rings. The van der Waals surface area contributed by atoms with Crippen LogP contribution in [0.3, 0.4) is 0 Å². The molecule has 7 heteroatoms. The normalized spacial score (nSPS) is 22.3. The summed E-state index contributed by atoms with van der Waals surface area (Å²) >= 11 is 3.43. The van der Waals surface area contributed by atoms with Gasteiger partial charge < -0.3 is 29.5 Å². The van der Waals surface area contributed by atoms with E-state index < -0.39 is 6.10 Å². The predicted octanol–water partition coefficient (Wildman–Crippen LogP) is -2.02. The zero-order chi connectivity index (χ0) is 17.2. The van der Waals surface area contributed by atoms with Gasteiger partial charge in [0.15, 0.2) is 0 Å². The molecule has 1 heterocycles. The van der Waals surface area contributed by atoms with E-state index in [1.165, 1.54) is 9.80 Å². The molecule has 24 heavy (non-hydrogen) atoms. The van der Waals surface area contributed by atoms with E-state index in [1.54, 1.807) is 0 Å². The zero-order valence-corrected chi connectivity index (χ0v) is 15.6. The Balaban J connectivity index is 1.52. The van der Waals surface area contributed by atoms with Crippen molar-refractivity contribution in [2.24, 2.45) is 0 Å². The van der Waals surface area contributed by atoms with Gasteiger partial charge in [0.25, 0.3) is 0 Å². The molecule has 0 radical (unpaired) electrons. The zero-order valence-electron chi connectivity index (χ0n) is 14.0. The number of quaternary nitrogens is 2. The van der Waals surface area contributed by atoms with Crippen LogP contribution in [0.1, 0.15) is 0 Å². The summed E-state index contributed by atoms with van der Waals surface area (Å²) in [6, 6.07) is 7.71. The smallest absolute Gasteiger partial charge is 0.133 e. The second-order valence-electron chi connectivity index (χ2n) is 6.19. The number of hydrogen-bond acceptors (Lipinski definition) is 4. The number of ether oxygens (including phenoxy) is 2. The second kappa shape index (κ2) is 11.0. The Morgan fingerprint density at radius 3 is 2.50 bits per heavy atom. The van der Waals surface area contributed by atoms with Crippen LogP contribution in [-0.2, 0) is 4.74 Å². The van der Waals surface area contributed by atoms with Gasteiger partial charge in [0.2, 0.25) is 0 Å². The molecule has 1 atom stereocenters. The predicted molar refractivity (Wildman–Crippen MR) is 94.7 cm³/mol. The fraction of sp³-hybridized carbons (Fsp3) is 0.647. The van der Waals surface area contributed by atoms with Crippen molar-refractivity contribution in [2.45, 2.75) is 6.10 Å². The first-order valence-corrected chi connectivity index (χ1v) is 9.39. The van der Waals surface area contributed by atoms with E-state index in [0.717, 1.165) is 49.5 Å². The molecule has 0 unspecified atom stereocenters. The second-order valence-corrected chi connectivity index (χ2v) is 7.04. The van der Waals surface area contributed by atoms with Crippen LogP contribution in [0.4, 0.5) is 0 Å². The van der Waals surface area contributed by atoms with E-state index in [-0.39, 0.29) is 6.61 Å². The first-order chi connectivity index (χ1) is 11.7. The van der Waals surface area contributed by atoms with E-state index in [2.05, 4.69) is 15.9 Å². The highest BCUT2D eigenvalue weighted by Gasteiger charge is 2.24. The summed E-state index contributed by atoms with van der Waals surface area (Å²) in [5.74, 6) is 0.800. The van der Waals surface area contributed by atoms with Crippen LogP contribution in [-0.4, -0.2) is 82.0 Å². The first kappa shape index (κ1) is 19.6. The largest absolute Gasteiger partial charge is 0.490 e. The molecule has 1 aromatic carbocycles. The third-order valence-corrected chi connectivity index (χ3v) is 4.94. The quantitative estimate of drug-likeness (QED) is 0.340. The van der Waals surface area contributed by atoms with Gasteiger partial charge in [0.1, 0.15) is 57.7 Å². The highest BCUT2D eigenvalue weighted by atomic mass is 79.9. The Kier molecular flexibility index (Phi) is 9.01. The summed E-state index contributed by atoms with van der Waals surface area (Å²) in [6.07, 6.45) is -0.442. The maximum absolute atomic E-state index is 10.1. The van der Waals surface area contributed by atoms with Gasteiger partial charge in [0, 0.05) is 0 Å². The van der Waals surface area contributed by atoms with Crippen molar-refractivity contribution in [3.05, 3.63) is 28.7 Å². The molecule has 1 aliphatic rings. The van der Waals surface area contributed by atoms with Crippen LogP contribution in [0.25, 0.3) is 0 Å². The minimum Gasteiger partial charge on any atom is -0.490 e. The molecule has 0 bridgehead atoms. The number of rotatable bonds is 10. The summed E-state index contributed by atoms with van der Waals surface area (Å²) < 4.78 is 12.1. The van der Waals surface area contributed by atoms with Gasteiger partial charge in [-0.05, 0) is 28.1 Å². The molecule has 1 aromatic rings. The van der Waals surface area contributed by atoms with Crippen molar-refractivity contribution in [1.82, 2.24) is 0 Å². The van der Waals surface area contributed by atoms with Gasteiger partial charge in [-0.3, -0.25) is 0 Å². The van der Waals surface area contributed by atoms with Crippen molar-refractivity contribution in [3.8, 4) is 5.75 Å². The molecule has 0 aromatic heterocycles. The molecule has 4 N–H and O–H groups in total. The van der Waals surface area contributed by atoms with E-state index >= 15 is 0 Å². The summed E-state index contributed by atoms with van der Waals surface area (Å²) in [5, 5.41) is 19.1. The van der Waals surface area contributed by atoms with E-state index in [9.17, 15) is 5.11 Å². The average molecular weight is 405 g/mol. The molecule has 6 nitrogen and oxygen atoms in total. The Labute approximate surface area is 152 Å². The molecule has 2 rings (SSSR count). The minimum atomic E-state index is -0.442. The molecule has 136 valence electrons. The summed E-state index contributed by atoms with van der Waals surface area (Å²) in [4.78, 5) is 2.87. The van der Waals surface area contributed by atoms with E-state index in [1.807, 2.05) is 24.3 Å². The van der Waals surface area contributed by atoms with Crippen molar-refractivity contribution >= 4 is 15.9 Å². The maximum atomic E-state index is 10.1. The summed E-state index contributed by atoms with van der Waals surface area (Å²) in [5.41, 5.74) is 0. The molecular formula is C17H29BrN2O4+2. The first-order valence-electron chi connectivity index (χ1n) is 8.60. The SMILES string of the molecule is OCC[NH+]1CC[NH+](C[C@H](O)COCCOc2ccccc2Br)CC1. The van der Waals surface area contributed by atoms with E-state index in [4.69, 9.17) is 14.6 Å². The molecular weight excluding hydrogens is 376 g/mol. The number of para-hydroxylation sites is 1. The molecule has 1 saturated heterocycles. The number of benzene rings is 1. The van der Waals surface area contributed by atoms with Crippen molar-refractivity contribution < 1.29 is 29.5 Å². The summed E-state index contributed by atoms with van der Waals surface area (Å²) in [7, 11) is 0. The van der Waals surface area contributed by atoms with Crippen LogP contribution in [0.15, 0.2) is 28.7 Å². The lowest BCUT2D eigenvalue weighted by atomic mass is 10.2. The van der Waals surface area contributed by atoms with Crippen molar-refractivity contribution in [1.29, 1.82) is 0 Å². The van der Waals surface area contributed by atoms with Crippen LogP contribution >= 0.6 is 15.9 Å². The number of aliphatic hydroxyl groups is 2. The monoisotopic (exact) mass is 404 g/mol. The van der Waals surface area contributed by atoms with Gasteiger partial charge in [-0.1, -0.05) is 12.1 Å². The van der Waals surface area contributed by atoms with Gasteiger partial charge in [-0.25, -0.2) is 0 Å². The number of nitrogens with one attached hydrogen (secondary N) is 2. The topological polar surface area (TPSA) is 67.8 Å². The fourth-order valence-corrected chi connectivity index (χ4v) is 3.35. The number of aliphatic hydroxyl groups excluding tert-OH is 2. The molecule has 0 saturated carbocycles. The Morgan fingerprint density at radius 1 is 1.08 bits per heavy atom. The molecule has 0 aliphatic carbocycles. The van der Waals surface area contributed by atoms with Gasteiger partial charge in [-0.15, -0.1) is 0 Å². The maximum Gasteiger partial charge on any atom is 0.133 e.